The molecule has 1 aromatic rings. The fourth-order valence-electron chi connectivity index (χ4n) is 1.88. The highest BCUT2D eigenvalue weighted by atomic mass is 79.9. The lowest BCUT2D eigenvalue weighted by Crippen LogP contribution is -2.24. The minimum atomic E-state index is -4.67. The van der Waals surface area contributed by atoms with Gasteiger partial charge >= 0.3 is 6.36 Å². The summed E-state index contributed by atoms with van der Waals surface area (Å²) in [7, 11) is 0. The number of hydrogen-bond acceptors (Lipinski definition) is 3. The van der Waals surface area contributed by atoms with Crippen LogP contribution in [-0.4, -0.2) is 23.9 Å². The molecule has 0 unspecified atom stereocenters. The summed E-state index contributed by atoms with van der Waals surface area (Å²) in [5.74, 6) is 2.01. The number of ether oxygens (including phenoxy) is 1. The number of alkyl halides is 3. The summed E-state index contributed by atoms with van der Waals surface area (Å²) < 4.78 is 40.6. The van der Waals surface area contributed by atoms with E-state index in [1.165, 1.54) is 6.07 Å². The monoisotopic (exact) mass is 355 g/mol. The number of hydrogen-bond donors (Lipinski definition) is 1. The predicted octanol–water partition coefficient (Wildman–Crippen LogP) is 4.66. The van der Waals surface area contributed by atoms with E-state index in [1.807, 2.05) is 11.8 Å². The van der Waals surface area contributed by atoms with Crippen molar-refractivity contribution in [2.24, 2.45) is 0 Å². The van der Waals surface area contributed by atoms with Crippen LogP contribution in [-0.2, 0) is 0 Å². The molecule has 0 saturated carbocycles. The second-order valence-electron chi connectivity index (χ2n) is 4.22. The molecule has 1 aromatic carbocycles. The van der Waals surface area contributed by atoms with Crippen LogP contribution in [0.5, 0.6) is 5.75 Å². The van der Waals surface area contributed by atoms with Crippen LogP contribution in [0.1, 0.15) is 12.8 Å². The molecule has 1 heterocycles. The highest BCUT2D eigenvalue weighted by Crippen LogP contribution is 2.33. The van der Waals surface area contributed by atoms with Gasteiger partial charge in [-0.2, -0.15) is 11.8 Å². The molecule has 0 atom stereocenters. The van der Waals surface area contributed by atoms with Crippen molar-refractivity contribution < 1.29 is 17.9 Å². The Balaban J connectivity index is 2.01. The molecule has 1 fully saturated rings. The van der Waals surface area contributed by atoms with Crippen molar-refractivity contribution in [3.63, 3.8) is 0 Å². The van der Waals surface area contributed by atoms with Crippen molar-refractivity contribution in [2.45, 2.75) is 25.2 Å². The summed E-state index contributed by atoms with van der Waals surface area (Å²) in [6.07, 6.45) is -2.52. The Morgan fingerprint density at radius 3 is 2.53 bits per heavy atom. The van der Waals surface area contributed by atoms with Gasteiger partial charge < -0.3 is 10.1 Å². The standard InChI is InChI=1S/C12H13BrF3NOS/c13-10-7-9(17-8-3-5-19-6-4-8)1-2-11(10)18-12(14,15)16/h1-2,7-8,17H,3-6H2. The highest BCUT2D eigenvalue weighted by molar-refractivity contribution is 9.10. The Kier molecular flexibility index (Phi) is 4.89. The number of thioether (sulfide) groups is 1. The lowest BCUT2D eigenvalue weighted by atomic mass is 10.1. The molecule has 0 aliphatic carbocycles. The van der Waals surface area contributed by atoms with Crippen LogP contribution >= 0.6 is 27.7 Å². The molecule has 2 rings (SSSR count). The van der Waals surface area contributed by atoms with Crippen LogP contribution in [0.2, 0.25) is 0 Å². The summed E-state index contributed by atoms with van der Waals surface area (Å²) in [5, 5.41) is 3.33. The van der Waals surface area contributed by atoms with Gasteiger partial charge in [-0.3, -0.25) is 0 Å². The predicted molar refractivity (Wildman–Crippen MR) is 74.8 cm³/mol. The maximum Gasteiger partial charge on any atom is 0.573 e. The van der Waals surface area contributed by atoms with Crippen LogP contribution in [0.3, 0.4) is 0 Å². The van der Waals surface area contributed by atoms with Crippen molar-refractivity contribution in [1.29, 1.82) is 0 Å². The SMILES string of the molecule is FC(F)(F)Oc1ccc(NC2CCSCC2)cc1Br. The molecular formula is C12H13BrF3NOS. The average molecular weight is 356 g/mol. The van der Waals surface area contributed by atoms with E-state index in [1.54, 1.807) is 12.1 Å². The van der Waals surface area contributed by atoms with Gasteiger partial charge in [0.25, 0.3) is 0 Å². The lowest BCUT2D eigenvalue weighted by molar-refractivity contribution is -0.274. The van der Waals surface area contributed by atoms with Gasteiger partial charge in [-0.25, -0.2) is 0 Å². The van der Waals surface area contributed by atoms with Gasteiger partial charge in [-0.15, -0.1) is 13.2 Å². The molecule has 0 radical (unpaired) electrons. The molecule has 7 heteroatoms. The zero-order chi connectivity index (χ0) is 13.9. The Labute approximate surface area is 122 Å². The number of halogens is 4. The zero-order valence-corrected chi connectivity index (χ0v) is 12.4. The van der Waals surface area contributed by atoms with Crippen LogP contribution in [0.25, 0.3) is 0 Å². The summed E-state index contributed by atoms with van der Waals surface area (Å²) in [5.41, 5.74) is 0.804. The summed E-state index contributed by atoms with van der Waals surface area (Å²) in [6, 6.07) is 4.93. The molecule has 0 spiro atoms. The molecule has 106 valence electrons. The first-order chi connectivity index (χ1) is 8.94. The second kappa shape index (κ2) is 6.26. The molecule has 1 N–H and O–H groups in total. The van der Waals surface area contributed by atoms with Crippen molar-refractivity contribution in [1.82, 2.24) is 0 Å². The number of rotatable bonds is 3. The van der Waals surface area contributed by atoms with E-state index >= 15 is 0 Å². The Hall–Kier alpha value is -0.560. The van der Waals surface area contributed by atoms with Gasteiger partial charge in [-0.1, -0.05) is 0 Å². The van der Waals surface area contributed by atoms with Crippen LogP contribution < -0.4 is 10.1 Å². The van der Waals surface area contributed by atoms with Gasteiger partial charge in [0, 0.05) is 11.7 Å². The van der Waals surface area contributed by atoms with Crippen molar-refractivity contribution in [3.05, 3.63) is 22.7 Å². The lowest BCUT2D eigenvalue weighted by Gasteiger charge is -2.24. The largest absolute Gasteiger partial charge is 0.573 e. The zero-order valence-electron chi connectivity index (χ0n) is 9.97. The first kappa shape index (κ1) is 14.8. The van der Waals surface area contributed by atoms with E-state index in [-0.39, 0.29) is 5.75 Å². The third kappa shape index (κ3) is 4.80. The maximum absolute atomic E-state index is 12.1. The topological polar surface area (TPSA) is 21.3 Å². The Morgan fingerprint density at radius 1 is 1.26 bits per heavy atom. The van der Waals surface area contributed by atoms with Gasteiger partial charge in [0.2, 0.25) is 0 Å². The highest BCUT2D eigenvalue weighted by Gasteiger charge is 2.32. The van der Waals surface area contributed by atoms with Gasteiger partial charge in [0.15, 0.2) is 0 Å². The van der Waals surface area contributed by atoms with Crippen LogP contribution in [0, 0.1) is 0 Å². The second-order valence-corrected chi connectivity index (χ2v) is 6.30. The number of nitrogens with one attached hydrogen (secondary N) is 1. The fraction of sp³-hybridized carbons (Fsp3) is 0.500. The molecule has 1 aliphatic rings. The molecule has 1 aliphatic heterocycles. The minimum absolute atomic E-state index is 0.225. The first-order valence-electron chi connectivity index (χ1n) is 5.83. The molecule has 19 heavy (non-hydrogen) atoms. The summed E-state index contributed by atoms with van der Waals surface area (Å²) >= 11 is 5.02. The Bertz CT molecular complexity index is 435. The average Bonchev–Trinajstić information content (AvgIpc) is 2.33. The van der Waals surface area contributed by atoms with E-state index in [4.69, 9.17) is 0 Å². The third-order valence-electron chi connectivity index (χ3n) is 2.75. The fourth-order valence-corrected chi connectivity index (χ4v) is 3.44. The van der Waals surface area contributed by atoms with E-state index in [0.29, 0.717) is 10.5 Å². The van der Waals surface area contributed by atoms with Crippen LogP contribution in [0.4, 0.5) is 18.9 Å². The molecule has 1 saturated heterocycles. The van der Waals surface area contributed by atoms with Gasteiger partial charge in [0.1, 0.15) is 5.75 Å². The molecule has 0 amide bonds. The minimum Gasteiger partial charge on any atom is -0.405 e. The van der Waals surface area contributed by atoms with Crippen LogP contribution in [0.15, 0.2) is 22.7 Å². The summed E-state index contributed by atoms with van der Waals surface area (Å²) in [4.78, 5) is 0. The first-order valence-corrected chi connectivity index (χ1v) is 7.78. The third-order valence-corrected chi connectivity index (χ3v) is 4.42. The maximum atomic E-state index is 12.1. The quantitative estimate of drug-likeness (QED) is 0.852. The van der Waals surface area contributed by atoms with Crippen molar-refractivity contribution in [2.75, 3.05) is 16.8 Å². The molecule has 0 aromatic heterocycles. The normalized spacial score (nSPS) is 17.3. The van der Waals surface area contributed by atoms with E-state index in [9.17, 15) is 13.2 Å². The molecule has 0 bridgehead atoms. The Morgan fingerprint density at radius 2 is 1.95 bits per heavy atom. The number of benzene rings is 1. The van der Waals surface area contributed by atoms with Crippen molar-refractivity contribution >= 4 is 33.4 Å². The van der Waals surface area contributed by atoms with Gasteiger partial charge in [-0.05, 0) is 58.5 Å². The van der Waals surface area contributed by atoms with E-state index < -0.39 is 6.36 Å². The summed E-state index contributed by atoms with van der Waals surface area (Å²) in [6.45, 7) is 0. The molecule has 2 nitrogen and oxygen atoms in total. The smallest absolute Gasteiger partial charge is 0.405 e. The molecular weight excluding hydrogens is 343 g/mol. The number of anilines is 1. The van der Waals surface area contributed by atoms with E-state index in [0.717, 1.165) is 30.0 Å². The van der Waals surface area contributed by atoms with Gasteiger partial charge in [0.05, 0.1) is 4.47 Å². The van der Waals surface area contributed by atoms with Crippen molar-refractivity contribution in [3.8, 4) is 5.75 Å². The van der Waals surface area contributed by atoms with E-state index in [2.05, 4.69) is 26.0 Å².